The van der Waals surface area contributed by atoms with Gasteiger partial charge in [0.15, 0.2) is 0 Å². The second kappa shape index (κ2) is 8.14. The maximum atomic E-state index is 12.3. The van der Waals surface area contributed by atoms with Gasteiger partial charge < -0.3 is 10.1 Å². The minimum Gasteiger partial charge on any atom is -0.457 e. The standard InChI is InChI=1S/C21H22N4O4/c1-13-5-15(3)16(4)20(6-13)29-19-8-17(7-18(9-19)25(27)28)23-21(26)12-24-11-14(2)10-22-24/h5-11H,12H2,1-4H3,(H,23,26). The van der Waals surface area contributed by atoms with Gasteiger partial charge in [0.2, 0.25) is 5.91 Å². The second-order valence-electron chi connectivity index (χ2n) is 7.04. The molecule has 0 bridgehead atoms. The summed E-state index contributed by atoms with van der Waals surface area (Å²) in [5.41, 5.74) is 4.08. The lowest BCUT2D eigenvalue weighted by molar-refractivity contribution is -0.384. The lowest BCUT2D eigenvalue weighted by atomic mass is 10.1. The van der Waals surface area contributed by atoms with Crippen molar-refractivity contribution in [3.8, 4) is 11.5 Å². The Morgan fingerprint density at radius 1 is 1.14 bits per heavy atom. The molecule has 1 heterocycles. The molecular weight excluding hydrogens is 372 g/mol. The number of non-ortho nitro benzene ring substituents is 1. The van der Waals surface area contributed by atoms with E-state index >= 15 is 0 Å². The Kier molecular flexibility index (Phi) is 5.63. The Hall–Kier alpha value is -3.68. The smallest absolute Gasteiger partial charge is 0.275 e. The summed E-state index contributed by atoms with van der Waals surface area (Å²) in [4.78, 5) is 23.1. The van der Waals surface area contributed by atoms with Crippen molar-refractivity contribution in [1.82, 2.24) is 9.78 Å². The van der Waals surface area contributed by atoms with Gasteiger partial charge in [0.05, 0.1) is 22.9 Å². The van der Waals surface area contributed by atoms with Crippen LogP contribution in [0.3, 0.4) is 0 Å². The second-order valence-corrected chi connectivity index (χ2v) is 7.04. The molecule has 1 N–H and O–H groups in total. The first-order valence-corrected chi connectivity index (χ1v) is 9.05. The van der Waals surface area contributed by atoms with Crippen molar-refractivity contribution in [1.29, 1.82) is 0 Å². The highest BCUT2D eigenvalue weighted by Gasteiger charge is 2.15. The Morgan fingerprint density at radius 3 is 2.55 bits per heavy atom. The van der Waals surface area contributed by atoms with E-state index in [2.05, 4.69) is 10.4 Å². The molecular formula is C21H22N4O4. The lowest BCUT2D eigenvalue weighted by Crippen LogP contribution is -2.19. The van der Waals surface area contributed by atoms with Crippen LogP contribution in [-0.2, 0) is 11.3 Å². The molecule has 1 aromatic heterocycles. The summed E-state index contributed by atoms with van der Waals surface area (Å²) in [6.07, 6.45) is 3.39. The highest BCUT2D eigenvalue weighted by molar-refractivity contribution is 5.91. The van der Waals surface area contributed by atoms with E-state index in [1.54, 1.807) is 18.5 Å². The fraction of sp³-hybridized carbons (Fsp3) is 0.238. The van der Waals surface area contributed by atoms with Gasteiger partial charge in [-0.2, -0.15) is 5.10 Å². The van der Waals surface area contributed by atoms with Crippen LogP contribution in [0.15, 0.2) is 42.7 Å². The minimum absolute atomic E-state index is 0.00288. The van der Waals surface area contributed by atoms with Gasteiger partial charge in [-0.15, -0.1) is 0 Å². The average molecular weight is 394 g/mol. The molecule has 0 aliphatic carbocycles. The van der Waals surface area contributed by atoms with E-state index in [0.717, 1.165) is 22.3 Å². The summed E-state index contributed by atoms with van der Waals surface area (Å²) >= 11 is 0. The molecule has 8 heteroatoms. The highest BCUT2D eigenvalue weighted by Crippen LogP contribution is 2.32. The summed E-state index contributed by atoms with van der Waals surface area (Å²) in [7, 11) is 0. The molecule has 29 heavy (non-hydrogen) atoms. The van der Waals surface area contributed by atoms with E-state index in [4.69, 9.17) is 4.74 Å². The summed E-state index contributed by atoms with van der Waals surface area (Å²) < 4.78 is 7.43. The number of nitrogens with one attached hydrogen (secondary N) is 1. The predicted octanol–water partition coefficient (Wildman–Crippen LogP) is 4.46. The summed E-state index contributed by atoms with van der Waals surface area (Å²) in [6.45, 7) is 7.74. The van der Waals surface area contributed by atoms with Gasteiger partial charge in [0, 0.05) is 18.3 Å². The van der Waals surface area contributed by atoms with E-state index in [1.165, 1.54) is 16.8 Å². The van der Waals surface area contributed by atoms with Crippen molar-refractivity contribution in [2.75, 3.05) is 5.32 Å². The van der Waals surface area contributed by atoms with Crippen molar-refractivity contribution in [3.05, 3.63) is 75.1 Å². The number of carbonyl (C=O) groups is 1. The van der Waals surface area contributed by atoms with Crippen LogP contribution in [-0.4, -0.2) is 20.6 Å². The molecule has 0 saturated heterocycles. The SMILES string of the molecule is Cc1cc(C)c(C)c(Oc2cc(NC(=O)Cn3cc(C)cn3)cc([N+](=O)[O-])c2)c1. The normalized spacial score (nSPS) is 10.6. The molecule has 0 spiro atoms. The van der Waals surface area contributed by atoms with E-state index in [0.29, 0.717) is 5.75 Å². The zero-order valence-corrected chi connectivity index (χ0v) is 16.7. The molecule has 0 radical (unpaired) electrons. The lowest BCUT2D eigenvalue weighted by Gasteiger charge is -2.13. The van der Waals surface area contributed by atoms with Gasteiger partial charge in [0.25, 0.3) is 5.69 Å². The molecule has 3 rings (SSSR count). The number of rotatable bonds is 6. The molecule has 0 fully saturated rings. The van der Waals surface area contributed by atoms with Crippen LogP contribution < -0.4 is 10.1 Å². The maximum absolute atomic E-state index is 12.3. The highest BCUT2D eigenvalue weighted by atomic mass is 16.6. The summed E-state index contributed by atoms with van der Waals surface area (Å²) in [5, 5.41) is 18.1. The van der Waals surface area contributed by atoms with Crippen molar-refractivity contribution < 1.29 is 14.5 Å². The number of nitro benzene ring substituents is 1. The molecule has 8 nitrogen and oxygen atoms in total. The molecule has 0 aliphatic rings. The van der Waals surface area contributed by atoms with Gasteiger partial charge in [-0.1, -0.05) is 6.07 Å². The minimum atomic E-state index is -0.520. The van der Waals surface area contributed by atoms with Crippen molar-refractivity contribution >= 4 is 17.3 Å². The topological polar surface area (TPSA) is 99.3 Å². The van der Waals surface area contributed by atoms with Crippen LogP contribution in [0.2, 0.25) is 0 Å². The van der Waals surface area contributed by atoms with Crippen LogP contribution in [0.4, 0.5) is 11.4 Å². The van der Waals surface area contributed by atoms with Crippen LogP contribution in [0.1, 0.15) is 22.3 Å². The third kappa shape index (κ3) is 4.98. The van der Waals surface area contributed by atoms with Gasteiger partial charge in [-0.25, -0.2) is 0 Å². The molecule has 3 aromatic rings. The molecule has 0 saturated carbocycles. The summed E-state index contributed by atoms with van der Waals surface area (Å²) in [6, 6.07) is 8.12. The number of nitro groups is 1. The first kappa shape index (κ1) is 20.1. The molecule has 2 aromatic carbocycles. The van der Waals surface area contributed by atoms with Crippen LogP contribution in [0, 0.1) is 37.8 Å². The fourth-order valence-corrected chi connectivity index (χ4v) is 2.95. The van der Waals surface area contributed by atoms with Crippen LogP contribution in [0.25, 0.3) is 0 Å². The van der Waals surface area contributed by atoms with Crippen molar-refractivity contribution in [3.63, 3.8) is 0 Å². The number of anilines is 1. The van der Waals surface area contributed by atoms with E-state index in [1.807, 2.05) is 39.8 Å². The van der Waals surface area contributed by atoms with Crippen LogP contribution in [0.5, 0.6) is 11.5 Å². The number of aryl methyl sites for hydroxylation is 3. The number of carbonyl (C=O) groups excluding carboxylic acids is 1. The number of benzene rings is 2. The molecule has 150 valence electrons. The number of nitrogens with zero attached hydrogens (tertiary/aromatic N) is 3. The number of ether oxygens (including phenoxy) is 1. The van der Waals surface area contributed by atoms with Crippen molar-refractivity contribution in [2.24, 2.45) is 0 Å². The van der Waals surface area contributed by atoms with Gasteiger partial charge in [-0.05, 0) is 56.0 Å². The van der Waals surface area contributed by atoms with E-state index in [-0.39, 0.29) is 29.6 Å². The van der Waals surface area contributed by atoms with E-state index < -0.39 is 4.92 Å². The predicted molar refractivity (Wildman–Crippen MR) is 109 cm³/mol. The fourth-order valence-electron chi connectivity index (χ4n) is 2.95. The summed E-state index contributed by atoms with van der Waals surface area (Å²) in [5.74, 6) is 0.548. The number of hydrogen-bond donors (Lipinski definition) is 1. The first-order valence-electron chi connectivity index (χ1n) is 9.05. The van der Waals surface area contributed by atoms with Gasteiger partial charge in [0.1, 0.15) is 18.0 Å². The Morgan fingerprint density at radius 2 is 1.90 bits per heavy atom. The Bertz CT molecular complexity index is 1090. The Labute approximate surface area is 168 Å². The third-order valence-corrected chi connectivity index (χ3v) is 4.45. The first-order chi connectivity index (χ1) is 13.7. The van der Waals surface area contributed by atoms with Gasteiger partial charge in [-0.3, -0.25) is 19.6 Å². The zero-order chi connectivity index (χ0) is 21.1. The molecule has 0 aliphatic heterocycles. The largest absolute Gasteiger partial charge is 0.457 e. The van der Waals surface area contributed by atoms with Crippen molar-refractivity contribution in [2.45, 2.75) is 34.2 Å². The average Bonchev–Trinajstić information content (AvgIpc) is 3.03. The number of aromatic nitrogens is 2. The molecule has 0 atom stereocenters. The van der Waals surface area contributed by atoms with E-state index in [9.17, 15) is 14.9 Å². The number of amides is 1. The zero-order valence-electron chi connectivity index (χ0n) is 16.7. The molecule has 1 amide bonds. The Balaban J connectivity index is 1.86. The monoisotopic (exact) mass is 394 g/mol. The maximum Gasteiger partial charge on any atom is 0.275 e. The van der Waals surface area contributed by atoms with Crippen LogP contribution >= 0.6 is 0 Å². The quantitative estimate of drug-likeness (QED) is 0.492. The third-order valence-electron chi connectivity index (χ3n) is 4.45. The number of hydrogen-bond acceptors (Lipinski definition) is 5. The van der Waals surface area contributed by atoms with Gasteiger partial charge >= 0.3 is 0 Å². The molecule has 0 unspecified atom stereocenters.